The number of rotatable bonds is 12. The number of hydrogen-bond acceptors (Lipinski definition) is 5. The Balaban J connectivity index is 1.32. The molecule has 0 aromatic heterocycles. The number of methoxy groups -OCH3 is 1. The van der Waals surface area contributed by atoms with Crippen LogP contribution < -0.4 is 19.7 Å². The van der Waals surface area contributed by atoms with E-state index in [-0.39, 0.29) is 12.3 Å². The van der Waals surface area contributed by atoms with Gasteiger partial charge in [0.2, 0.25) is 0 Å². The van der Waals surface area contributed by atoms with Gasteiger partial charge in [0.1, 0.15) is 11.5 Å². The predicted octanol–water partition coefficient (Wildman–Crippen LogP) is 6.81. The number of aliphatic carboxylic acids is 1. The number of carboxylic acids is 1. The summed E-state index contributed by atoms with van der Waals surface area (Å²) in [4.78, 5) is 13.8. The van der Waals surface area contributed by atoms with E-state index in [2.05, 4.69) is 55.3 Å². The molecule has 0 amide bonds. The summed E-state index contributed by atoms with van der Waals surface area (Å²) in [6.45, 7) is 10.4. The van der Waals surface area contributed by atoms with Crippen LogP contribution in [-0.2, 0) is 4.79 Å². The molecule has 2 aromatic rings. The minimum absolute atomic E-state index is 0.0957. The lowest BCUT2D eigenvalue weighted by Crippen LogP contribution is -2.36. The van der Waals surface area contributed by atoms with Gasteiger partial charge in [-0.3, -0.25) is 4.79 Å². The highest BCUT2D eigenvalue weighted by atomic mass is 16.5. The molecule has 1 saturated heterocycles. The van der Waals surface area contributed by atoms with Crippen LogP contribution in [0.1, 0.15) is 70.8 Å². The third-order valence-electron chi connectivity index (χ3n) is 7.71. The largest absolute Gasteiger partial charge is 0.497 e. The predicted molar refractivity (Wildman–Crippen MR) is 150 cm³/mol. The van der Waals surface area contributed by atoms with Gasteiger partial charge in [0, 0.05) is 25.7 Å². The quantitative estimate of drug-likeness (QED) is 0.328. The van der Waals surface area contributed by atoms with Gasteiger partial charge in [-0.05, 0) is 85.1 Å². The summed E-state index contributed by atoms with van der Waals surface area (Å²) in [7, 11) is 1.72. The molecule has 0 radical (unpaired) electrons. The molecule has 0 bridgehead atoms. The van der Waals surface area contributed by atoms with Gasteiger partial charge < -0.3 is 24.8 Å². The fourth-order valence-corrected chi connectivity index (χ4v) is 5.25. The Bertz CT molecular complexity index is 1040. The molecule has 2 fully saturated rings. The second kappa shape index (κ2) is 12.1. The molecule has 1 saturated carbocycles. The van der Waals surface area contributed by atoms with Gasteiger partial charge in [-0.25, -0.2) is 0 Å². The summed E-state index contributed by atoms with van der Waals surface area (Å²) in [6.07, 6.45) is 5.70. The summed E-state index contributed by atoms with van der Waals surface area (Å²) in [5.41, 5.74) is 3.78. The Labute approximate surface area is 222 Å². The van der Waals surface area contributed by atoms with Crippen LogP contribution in [0, 0.1) is 17.3 Å². The minimum Gasteiger partial charge on any atom is -0.497 e. The number of piperidine rings is 1. The van der Waals surface area contributed by atoms with Crippen molar-refractivity contribution in [2.24, 2.45) is 17.3 Å². The summed E-state index contributed by atoms with van der Waals surface area (Å²) in [5.74, 6) is 2.11. The Morgan fingerprint density at radius 1 is 1.08 bits per heavy atom. The first-order valence-corrected chi connectivity index (χ1v) is 13.8. The van der Waals surface area contributed by atoms with Gasteiger partial charge in [-0.1, -0.05) is 32.9 Å². The molecule has 1 atom stereocenters. The van der Waals surface area contributed by atoms with Crippen LogP contribution in [0.3, 0.4) is 0 Å². The van der Waals surface area contributed by atoms with E-state index in [9.17, 15) is 9.90 Å². The van der Waals surface area contributed by atoms with Crippen molar-refractivity contribution < 1.29 is 19.4 Å². The molecule has 202 valence electrons. The molecule has 2 N–H and O–H groups in total. The van der Waals surface area contributed by atoms with E-state index < -0.39 is 5.97 Å². The van der Waals surface area contributed by atoms with Gasteiger partial charge in [0.25, 0.3) is 0 Å². The van der Waals surface area contributed by atoms with E-state index in [1.165, 1.54) is 11.4 Å². The Kier molecular flexibility index (Phi) is 8.88. The van der Waals surface area contributed by atoms with Crippen molar-refractivity contribution in [1.82, 2.24) is 0 Å². The van der Waals surface area contributed by atoms with Gasteiger partial charge >= 0.3 is 5.97 Å². The molecular weight excluding hydrogens is 464 g/mol. The molecular formula is C31H44N2O4. The molecule has 1 heterocycles. The standard InChI is InChI=1S/C31H44N2O4/c1-31(2,3)14-15-32-28-11-10-25(36-4)19-29(28)33-16-12-22(13-17-33)21-37-26-7-5-6-24(18-26)27(20-30(34)35)23-8-9-23/h5-7,10-11,18-19,22-23,27,32H,8-9,12-17,20-21H2,1-4H3,(H,34,35). The summed E-state index contributed by atoms with van der Waals surface area (Å²) in [5, 5.41) is 13.0. The molecule has 1 aliphatic heterocycles. The molecule has 4 rings (SSSR count). The lowest BCUT2D eigenvalue weighted by atomic mass is 9.91. The van der Waals surface area contributed by atoms with Gasteiger partial charge in [0.05, 0.1) is 31.5 Å². The first-order valence-electron chi connectivity index (χ1n) is 13.8. The monoisotopic (exact) mass is 508 g/mol. The van der Waals surface area contributed by atoms with Crippen LogP contribution in [0.5, 0.6) is 11.5 Å². The second-order valence-electron chi connectivity index (χ2n) is 12.0. The SMILES string of the molecule is COc1ccc(NCCC(C)(C)C)c(N2CCC(COc3cccc(C(CC(=O)O)C4CC4)c3)CC2)c1. The number of carbonyl (C=O) groups is 1. The van der Waals surface area contributed by atoms with E-state index in [4.69, 9.17) is 9.47 Å². The topological polar surface area (TPSA) is 71.0 Å². The highest BCUT2D eigenvalue weighted by molar-refractivity contribution is 5.72. The molecule has 37 heavy (non-hydrogen) atoms. The molecule has 2 aromatic carbocycles. The minimum atomic E-state index is -0.724. The fraction of sp³-hybridized carbons (Fsp3) is 0.581. The van der Waals surface area contributed by atoms with Crippen molar-refractivity contribution >= 4 is 17.3 Å². The molecule has 6 heteroatoms. The summed E-state index contributed by atoms with van der Waals surface area (Å²) >= 11 is 0. The van der Waals surface area contributed by atoms with Crippen molar-refractivity contribution in [3.8, 4) is 11.5 Å². The van der Waals surface area contributed by atoms with Crippen LogP contribution in [0.15, 0.2) is 42.5 Å². The number of anilines is 2. The third-order valence-corrected chi connectivity index (χ3v) is 7.71. The lowest BCUT2D eigenvalue weighted by Gasteiger charge is -2.35. The Morgan fingerprint density at radius 3 is 2.49 bits per heavy atom. The van der Waals surface area contributed by atoms with E-state index in [0.29, 0.717) is 23.9 Å². The van der Waals surface area contributed by atoms with Crippen LogP contribution in [-0.4, -0.2) is 44.4 Å². The van der Waals surface area contributed by atoms with E-state index >= 15 is 0 Å². The van der Waals surface area contributed by atoms with Gasteiger partial charge in [-0.15, -0.1) is 0 Å². The number of carboxylic acid groups (broad SMARTS) is 1. The second-order valence-corrected chi connectivity index (χ2v) is 12.0. The van der Waals surface area contributed by atoms with E-state index in [1.54, 1.807) is 7.11 Å². The highest BCUT2D eigenvalue weighted by Gasteiger charge is 2.34. The zero-order valence-electron chi connectivity index (χ0n) is 23.0. The normalized spacial score (nSPS) is 17.4. The van der Waals surface area contributed by atoms with E-state index in [1.807, 2.05) is 18.2 Å². The number of benzene rings is 2. The Hall–Kier alpha value is -2.89. The lowest BCUT2D eigenvalue weighted by molar-refractivity contribution is -0.137. The summed E-state index contributed by atoms with van der Waals surface area (Å²) < 4.78 is 11.8. The van der Waals surface area contributed by atoms with Gasteiger partial charge in [0.15, 0.2) is 0 Å². The van der Waals surface area contributed by atoms with Crippen molar-refractivity contribution in [3.63, 3.8) is 0 Å². The van der Waals surface area contributed by atoms with Crippen molar-refractivity contribution in [2.75, 3.05) is 43.6 Å². The first-order chi connectivity index (χ1) is 17.7. The fourth-order valence-electron chi connectivity index (χ4n) is 5.25. The number of nitrogens with one attached hydrogen (secondary N) is 1. The molecule has 0 spiro atoms. The van der Waals surface area contributed by atoms with Crippen LogP contribution in [0.25, 0.3) is 0 Å². The average Bonchev–Trinajstić information content (AvgIpc) is 3.71. The van der Waals surface area contributed by atoms with Crippen LogP contribution in [0.2, 0.25) is 0 Å². The Morgan fingerprint density at radius 2 is 1.84 bits per heavy atom. The van der Waals surface area contributed by atoms with Crippen molar-refractivity contribution in [2.45, 2.75) is 65.2 Å². The van der Waals surface area contributed by atoms with Gasteiger partial charge in [-0.2, -0.15) is 0 Å². The molecule has 6 nitrogen and oxygen atoms in total. The van der Waals surface area contributed by atoms with E-state index in [0.717, 1.165) is 68.8 Å². The first kappa shape index (κ1) is 27.2. The maximum Gasteiger partial charge on any atom is 0.303 e. The zero-order chi connectivity index (χ0) is 26.4. The zero-order valence-corrected chi connectivity index (χ0v) is 23.0. The maximum absolute atomic E-state index is 11.4. The maximum atomic E-state index is 11.4. The molecule has 1 unspecified atom stereocenters. The number of hydrogen-bond donors (Lipinski definition) is 2. The van der Waals surface area contributed by atoms with Crippen molar-refractivity contribution in [1.29, 1.82) is 0 Å². The average molecular weight is 509 g/mol. The highest BCUT2D eigenvalue weighted by Crippen LogP contribution is 2.45. The number of ether oxygens (including phenoxy) is 2. The molecule has 2 aliphatic rings. The third kappa shape index (κ3) is 8.05. The van der Waals surface area contributed by atoms with Crippen LogP contribution in [0.4, 0.5) is 11.4 Å². The summed E-state index contributed by atoms with van der Waals surface area (Å²) in [6, 6.07) is 14.4. The van der Waals surface area contributed by atoms with Crippen molar-refractivity contribution in [3.05, 3.63) is 48.0 Å². The van der Waals surface area contributed by atoms with Crippen LogP contribution >= 0.6 is 0 Å². The molecule has 1 aliphatic carbocycles. The number of nitrogens with zero attached hydrogens (tertiary/aromatic N) is 1. The smallest absolute Gasteiger partial charge is 0.303 e.